The highest BCUT2D eigenvalue weighted by Crippen LogP contribution is 2.41. The van der Waals surface area contributed by atoms with Gasteiger partial charge in [-0.15, -0.1) is 11.8 Å². The number of allylic oxidation sites excluding steroid dienone is 2. The van der Waals surface area contributed by atoms with Crippen LogP contribution in [-0.2, 0) is 4.79 Å². The summed E-state index contributed by atoms with van der Waals surface area (Å²) in [5.41, 5.74) is 0. The van der Waals surface area contributed by atoms with Gasteiger partial charge < -0.3 is 0 Å². The molecule has 0 N–H and O–H groups in total. The second-order valence-corrected chi connectivity index (χ2v) is 6.18. The van der Waals surface area contributed by atoms with E-state index in [9.17, 15) is 4.79 Å². The lowest BCUT2D eigenvalue weighted by Gasteiger charge is -2.26. The SMILES string of the molecule is O=C1CC[C@H]2C=C[C@@H]1C[C@H]2Sc1ccccc1. The minimum absolute atomic E-state index is 0.190. The molecule has 2 heteroatoms. The van der Waals surface area contributed by atoms with Crippen LogP contribution in [0.2, 0.25) is 0 Å². The molecule has 3 atom stereocenters. The molecule has 1 aromatic rings. The summed E-state index contributed by atoms with van der Waals surface area (Å²) in [7, 11) is 0. The fourth-order valence-electron chi connectivity index (χ4n) is 2.73. The maximum atomic E-state index is 11.8. The average Bonchev–Trinajstić information content (AvgIpc) is 2.62. The van der Waals surface area contributed by atoms with Crippen molar-refractivity contribution in [3.63, 3.8) is 0 Å². The van der Waals surface area contributed by atoms with Crippen molar-refractivity contribution in [2.75, 3.05) is 0 Å². The third kappa shape index (κ3) is 2.32. The molecule has 1 aromatic carbocycles. The number of carbonyl (C=O) groups excluding carboxylic acids is 1. The molecule has 3 aliphatic carbocycles. The van der Waals surface area contributed by atoms with E-state index in [0.29, 0.717) is 17.0 Å². The van der Waals surface area contributed by atoms with Crippen LogP contribution in [0.5, 0.6) is 0 Å². The maximum Gasteiger partial charge on any atom is 0.139 e. The van der Waals surface area contributed by atoms with Crippen LogP contribution in [0.15, 0.2) is 47.4 Å². The Morgan fingerprint density at radius 1 is 1.12 bits per heavy atom. The van der Waals surface area contributed by atoms with Gasteiger partial charge in [-0.25, -0.2) is 0 Å². The van der Waals surface area contributed by atoms with Crippen molar-refractivity contribution in [1.29, 1.82) is 0 Å². The van der Waals surface area contributed by atoms with Gasteiger partial charge in [-0.1, -0.05) is 30.4 Å². The lowest BCUT2D eigenvalue weighted by Crippen LogP contribution is -2.21. The molecule has 1 nitrogen and oxygen atoms in total. The highest BCUT2D eigenvalue weighted by atomic mass is 32.2. The van der Waals surface area contributed by atoms with Crippen LogP contribution in [-0.4, -0.2) is 11.0 Å². The Bertz CT molecular complexity index is 437. The van der Waals surface area contributed by atoms with E-state index in [1.807, 2.05) is 17.8 Å². The lowest BCUT2D eigenvalue weighted by atomic mass is 9.90. The summed E-state index contributed by atoms with van der Waals surface area (Å²) in [4.78, 5) is 13.1. The third-order valence-corrected chi connectivity index (χ3v) is 5.11. The van der Waals surface area contributed by atoms with Crippen molar-refractivity contribution in [3.05, 3.63) is 42.5 Å². The van der Waals surface area contributed by atoms with Crippen LogP contribution >= 0.6 is 11.8 Å². The fraction of sp³-hybridized carbons (Fsp3) is 0.400. The quantitative estimate of drug-likeness (QED) is 0.738. The molecule has 1 fully saturated rings. The predicted molar refractivity (Wildman–Crippen MR) is 71.1 cm³/mol. The van der Waals surface area contributed by atoms with Gasteiger partial charge in [-0.3, -0.25) is 4.79 Å². The molecule has 0 amide bonds. The van der Waals surface area contributed by atoms with Gasteiger partial charge in [0.25, 0.3) is 0 Å². The zero-order chi connectivity index (χ0) is 11.7. The first kappa shape index (κ1) is 11.1. The molecule has 3 aliphatic rings. The molecule has 0 radical (unpaired) electrons. The smallest absolute Gasteiger partial charge is 0.139 e. The minimum Gasteiger partial charge on any atom is -0.299 e. The zero-order valence-corrected chi connectivity index (χ0v) is 10.5. The van der Waals surface area contributed by atoms with Gasteiger partial charge in [0.2, 0.25) is 0 Å². The molecule has 0 saturated heterocycles. The molecule has 2 bridgehead atoms. The van der Waals surface area contributed by atoms with Gasteiger partial charge in [0.15, 0.2) is 0 Å². The first-order chi connectivity index (χ1) is 8.33. The van der Waals surface area contributed by atoms with Crippen molar-refractivity contribution in [2.45, 2.75) is 29.4 Å². The summed E-state index contributed by atoms with van der Waals surface area (Å²) in [6.45, 7) is 0. The van der Waals surface area contributed by atoms with E-state index in [1.54, 1.807) is 0 Å². The number of ketones is 1. The van der Waals surface area contributed by atoms with E-state index in [-0.39, 0.29) is 5.92 Å². The number of thioether (sulfide) groups is 1. The second kappa shape index (κ2) is 4.69. The van der Waals surface area contributed by atoms with Gasteiger partial charge in [-0.05, 0) is 30.9 Å². The van der Waals surface area contributed by atoms with Crippen molar-refractivity contribution in [2.24, 2.45) is 11.8 Å². The molecule has 0 unspecified atom stereocenters. The van der Waals surface area contributed by atoms with Crippen LogP contribution in [0, 0.1) is 11.8 Å². The molecular weight excluding hydrogens is 228 g/mol. The van der Waals surface area contributed by atoms with E-state index >= 15 is 0 Å². The van der Waals surface area contributed by atoms with Crippen LogP contribution in [0.1, 0.15) is 19.3 Å². The van der Waals surface area contributed by atoms with Gasteiger partial charge in [0.1, 0.15) is 5.78 Å². The zero-order valence-electron chi connectivity index (χ0n) is 9.71. The van der Waals surface area contributed by atoms with E-state index < -0.39 is 0 Å². The average molecular weight is 244 g/mol. The first-order valence-corrected chi connectivity index (χ1v) is 7.13. The van der Waals surface area contributed by atoms with Gasteiger partial charge >= 0.3 is 0 Å². The van der Waals surface area contributed by atoms with Crippen molar-refractivity contribution in [3.8, 4) is 0 Å². The van der Waals surface area contributed by atoms with Crippen LogP contribution in [0.3, 0.4) is 0 Å². The van der Waals surface area contributed by atoms with Crippen LogP contribution < -0.4 is 0 Å². The van der Waals surface area contributed by atoms with Crippen molar-refractivity contribution < 1.29 is 4.79 Å². The highest BCUT2D eigenvalue weighted by molar-refractivity contribution is 8.00. The minimum atomic E-state index is 0.190. The molecule has 17 heavy (non-hydrogen) atoms. The van der Waals surface area contributed by atoms with E-state index in [0.717, 1.165) is 19.3 Å². The molecule has 88 valence electrons. The lowest BCUT2D eigenvalue weighted by molar-refractivity contribution is -0.121. The van der Waals surface area contributed by atoms with Crippen LogP contribution in [0.25, 0.3) is 0 Å². The number of rotatable bonds is 2. The Kier molecular flexibility index (Phi) is 3.06. The first-order valence-electron chi connectivity index (χ1n) is 6.25. The molecule has 1 saturated carbocycles. The molecule has 0 heterocycles. The molecule has 0 spiro atoms. The molecule has 0 aliphatic heterocycles. The summed E-state index contributed by atoms with van der Waals surface area (Å²) >= 11 is 1.94. The third-order valence-electron chi connectivity index (χ3n) is 3.72. The van der Waals surface area contributed by atoms with E-state index in [1.165, 1.54) is 4.90 Å². The summed E-state index contributed by atoms with van der Waals surface area (Å²) in [5, 5.41) is 0.582. The highest BCUT2D eigenvalue weighted by Gasteiger charge is 2.34. The number of Topliss-reactive ketones (excluding diaryl/α,β-unsaturated/α-hetero) is 1. The normalized spacial score (nSPS) is 31.5. The monoisotopic (exact) mass is 244 g/mol. The number of hydrogen-bond donors (Lipinski definition) is 0. The van der Waals surface area contributed by atoms with Gasteiger partial charge in [-0.2, -0.15) is 0 Å². The number of fused-ring (bicyclic) bond motifs is 3. The largest absolute Gasteiger partial charge is 0.299 e. The van der Waals surface area contributed by atoms with Crippen molar-refractivity contribution >= 4 is 17.5 Å². The summed E-state index contributed by atoms with van der Waals surface area (Å²) in [5.74, 6) is 1.22. The predicted octanol–water partition coefficient (Wildman–Crippen LogP) is 3.70. The fourth-order valence-corrected chi connectivity index (χ4v) is 4.10. The standard InChI is InChI=1S/C15H16OS/c16-14-9-8-11-6-7-12(14)10-15(11)17-13-4-2-1-3-5-13/h1-7,11-12,15H,8-10H2/t11-,12-,15-/m1/s1. The second-order valence-electron chi connectivity index (χ2n) is 4.87. The Morgan fingerprint density at radius 3 is 2.76 bits per heavy atom. The molecule has 4 rings (SSSR count). The van der Waals surface area contributed by atoms with Crippen molar-refractivity contribution in [1.82, 2.24) is 0 Å². The number of benzene rings is 1. The molecular formula is C15H16OS. The summed E-state index contributed by atoms with van der Waals surface area (Å²) in [6, 6.07) is 10.5. The Balaban J connectivity index is 1.77. The Labute approximate surface area is 106 Å². The van der Waals surface area contributed by atoms with E-state index in [2.05, 4.69) is 36.4 Å². The van der Waals surface area contributed by atoms with Gasteiger partial charge in [0.05, 0.1) is 0 Å². The van der Waals surface area contributed by atoms with Gasteiger partial charge in [0, 0.05) is 22.5 Å². The number of hydrogen-bond acceptors (Lipinski definition) is 2. The summed E-state index contributed by atoms with van der Waals surface area (Å²) < 4.78 is 0. The van der Waals surface area contributed by atoms with Crippen LogP contribution in [0.4, 0.5) is 0 Å². The Morgan fingerprint density at radius 2 is 1.94 bits per heavy atom. The number of carbonyl (C=O) groups is 1. The summed E-state index contributed by atoms with van der Waals surface area (Å²) in [6.07, 6.45) is 7.26. The van der Waals surface area contributed by atoms with E-state index in [4.69, 9.17) is 0 Å². The topological polar surface area (TPSA) is 17.1 Å². The Hall–Kier alpha value is -1.02. The maximum absolute atomic E-state index is 11.8. The molecule has 0 aromatic heterocycles.